The number of hydrogen-bond donors (Lipinski definition) is 0. The molecule has 1 aliphatic carbocycles. The van der Waals surface area contributed by atoms with Crippen molar-refractivity contribution in [1.82, 2.24) is 9.88 Å². The van der Waals surface area contributed by atoms with Crippen molar-refractivity contribution in [2.75, 3.05) is 13.6 Å². The molecular formula is C14H24N2S. The average Bonchev–Trinajstić information content (AvgIpc) is 2.78. The minimum absolute atomic E-state index is 0.929. The van der Waals surface area contributed by atoms with Gasteiger partial charge in [0.05, 0.1) is 10.7 Å². The monoisotopic (exact) mass is 252 g/mol. The predicted molar refractivity (Wildman–Crippen MR) is 74.4 cm³/mol. The van der Waals surface area contributed by atoms with Crippen LogP contribution in [0, 0.1) is 5.92 Å². The maximum absolute atomic E-state index is 4.64. The van der Waals surface area contributed by atoms with Crippen LogP contribution in [0.2, 0.25) is 0 Å². The standard InChI is InChI=1S/C14H24N2S/c1-3-14-15-13(11-17-14)10-16(2)9-12-7-5-4-6-8-12/h11-12H,3-10H2,1-2H3. The Morgan fingerprint density at radius 2 is 2.12 bits per heavy atom. The molecule has 0 saturated heterocycles. The highest BCUT2D eigenvalue weighted by molar-refractivity contribution is 7.09. The Morgan fingerprint density at radius 3 is 2.76 bits per heavy atom. The van der Waals surface area contributed by atoms with E-state index >= 15 is 0 Å². The van der Waals surface area contributed by atoms with E-state index in [0.717, 1.165) is 18.9 Å². The van der Waals surface area contributed by atoms with E-state index in [2.05, 4.69) is 29.2 Å². The molecule has 2 rings (SSSR count). The average molecular weight is 252 g/mol. The lowest BCUT2D eigenvalue weighted by atomic mass is 9.89. The van der Waals surface area contributed by atoms with Gasteiger partial charge in [-0.2, -0.15) is 0 Å². The van der Waals surface area contributed by atoms with E-state index in [1.165, 1.54) is 49.4 Å². The zero-order valence-corrected chi connectivity index (χ0v) is 11.9. The molecule has 0 aliphatic heterocycles. The highest BCUT2D eigenvalue weighted by Gasteiger charge is 2.15. The number of nitrogens with zero attached hydrogens (tertiary/aromatic N) is 2. The minimum Gasteiger partial charge on any atom is -0.300 e. The number of hydrogen-bond acceptors (Lipinski definition) is 3. The molecule has 3 heteroatoms. The molecule has 0 spiro atoms. The van der Waals surface area contributed by atoms with Crippen LogP contribution in [0.1, 0.15) is 49.7 Å². The Kier molecular flexibility index (Phi) is 4.99. The first-order chi connectivity index (χ1) is 8.28. The van der Waals surface area contributed by atoms with Crippen molar-refractivity contribution in [3.05, 3.63) is 16.1 Å². The van der Waals surface area contributed by atoms with Crippen LogP contribution in [-0.2, 0) is 13.0 Å². The summed E-state index contributed by atoms with van der Waals surface area (Å²) >= 11 is 1.80. The fraction of sp³-hybridized carbons (Fsp3) is 0.786. The molecule has 0 N–H and O–H groups in total. The molecule has 2 nitrogen and oxygen atoms in total. The Morgan fingerprint density at radius 1 is 1.35 bits per heavy atom. The van der Waals surface area contributed by atoms with Crippen LogP contribution < -0.4 is 0 Å². The summed E-state index contributed by atoms with van der Waals surface area (Å²) in [5.74, 6) is 0.929. The summed E-state index contributed by atoms with van der Waals surface area (Å²) in [5, 5.41) is 3.49. The van der Waals surface area contributed by atoms with Gasteiger partial charge in [0, 0.05) is 18.5 Å². The molecule has 1 aliphatic rings. The fourth-order valence-corrected chi connectivity index (χ4v) is 3.47. The molecule has 0 aromatic carbocycles. The quantitative estimate of drug-likeness (QED) is 0.794. The Labute approximate surface area is 109 Å². The predicted octanol–water partition coefficient (Wildman–Crippen LogP) is 3.72. The summed E-state index contributed by atoms with van der Waals surface area (Å²) in [4.78, 5) is 7.09. The third-order valence-corrected chi connectivity index (χ3v) is 4.67. The second-order valence-electron chi connectivity index (χ2n) is 5.29. The molecule has 1 heterocycles. The molecule has 1 aromatic heterocycles. The summed E-state index contributed by atoms with van der Waals surface area (Å²) in [7, 11) is 2.24. The van der Waals surface area contributed by atoms with Gasteiger partial charge >= 0.3 is 0 Å². The lowest BCUT2D eigenvalue weighted by molar-refractivity contribution is 0.226. The molecule has 0 atom stereocenters. The Bertz CT molecular complexity index is 329. The maximum atomic E-state index is 4.64. The zero-order chi connectivity index (χ0) is 12.1. The van der Waals surface area contributed by atoms with Crippen molar-refractivity contribution in [2.45, 2.75) is 52.0 Å². The second kappa shape index (κ2) is 6.50. The van der Waals surface area contributed by atoms with Crippen LogP contribution in [0.25, 0.3) is 0 Å². The van der Waals surface area contributed by atoms with E-state index in [1.807, 2.05) is 0 Å². The van der Waals surface area contributed by atoms with Gasteiger partial charge < -0.3 is 4.90 Å². The first-order valence-corrected chi connectivity index (χ1v) is 7.77. The summed E-state index contributed by atoms with van der Waals surface area (Å²) in [5.41, 5.74) is 1.25. The molecule has 96 valence electrons. The Balaban J connectivity index is 1.77. The number of thiazole rings is 1. The third kappa shape index (κ3) is 4.07. The van der Waals surface area contributed by atoms with Gasteiger partial charge in [0.2, 0.25) is 0 Å². The molecule has 0 unspecified atom stereocenters. The van der Waals surface area contributed by atoms with Gasteiger partial charge in [-0.1, -0.05) is 26.2 Å². The largest absolute Gasteiger partial charge is 0.300 e. The van der Waals surface area contributed by atoms with Crippen LogP contribution in [0.5, 0.6) is 0 Å². The van der Waals surface area contributed by atoms with E-state index in [-0.39, 0.29) is 0 Å². The van der Waals surface area contributed by atoms with Crippen LogP contribution in [0.15, 0.2) is 5.38 Å². The normalized spacial score (nSPS) is 17.8. The van der Waals surface area contributed by atoms with E-state index in [1.54, 1.807) is 11.3 Å². The first kappa shape index (κ1) is 13.0. The van der Waals surface area contributed by atoms with Crippen molar-refractivity contribution in [3.8, 4) is 0 Å². The highest BCUT2D eigenvalue weighted by Crippen LogP contribution is 2.24. The third-order valence-electron chi connectivity index (χ3n) is 3.63. The molecule has 1 fully saturated rings. The number of rotatable bonds is 5. The van der Waals surface area contributed by atoms with E-state index in [4.69, 9.17) is 0 Å². The zero-order valence-electron chi connectivity index (χ0n) is 11.1. The van der Waals surface area contributed by atoms with Gasteiger partial charge in [-0.3, -0.25) is 0 Å². The topological polar surface area (TPSA) is 16.1 Å². The van der Waals surface area contributed by atoms with Crippen LogP contribution in [-0.4, -0.2) is 23.5 Å². The smallest absolute Gasteiger partial charge is 0.0926 e. The molecule has 0 radical (unpaired) electrons. The van der Waals surface area contributed by atoms with Crippen molar-refractivity contribution >= 4 is 11.3 Å². The summed E-state index contributed by atoms with van der Waals surface area (Å²) < 4.78 is 0. The van der Waals surface area contributed by atoms with Gasteiger partial charge in [0.25, 0.3) is 0 Å². The van der Waals surface area contributed by atoms with Gasteiger partial charge in [-0.25, -0.2) is 4.98 Å². The van der Waals surface area contributed by atoms with Crippen molar-refractivity contribution in [2.24, 2.45) is 5.92 Å². The first-order valence-electron chi connectivity index (χ1n) is 6.89. The van der Waals surface area contributed by atoms with Crippen LogP contribution in [0.4, 0.5) is 0 Å². The summed E-state index contributed by atoms with van der Waals surface area (Å²) in [6.45, 7) is 4.44. The van der Waals surface area contributed by atoms with Crippen molar-refractivity contribution in [3.63, 3.8) is 0 Å². The van der Waals surface area contributed by atoms with Crippen molar-refractivity contribution in [1.29, 1.82) is 0 Å². The highest BCUT2D eigenvalue weighted by atomic mass is 32.1. The number of aromatic nitrogens is 1. The van der Waals surface area contributed by atoms with E-state index < -0.39 is 0 Å². The van der Waals surface area contributed by atoms with Gasteiger partial charge in [-0.15, -0.1) is 11.3 Å². The Hall–Kier alpha value is -0.410. The SMILES string of the molecule is CCc1nc(CN(C)CC2CCCCC2)cs1. The molecular weight excluding hydrogens is 228 g/mol. The van der Waals surface area contributed by atoms with Gasteiger partial charge in [0.1, 0.15) is 0 Å². The molecule has 1 aromatic rings. The van der Waals surface area contributed by atoms with Crippen LogP contribution in [0.3, 0.4) is 0 Å². The maximum Gasteiger partial charge on any atom is 0.0926 e. The molecule has 1 saturated carbocycles. The molecule has 0 amide bonds. The van der Waals surface area contributed by atoms with Gasteiger partial charge in [-0.05, 0) is 32.2 Å². The van der Waals surface area contributed by atoms with E-state index in [9.17, 15) is 0 Å². The van der Waals surface area contributed by atoms with Gasteiger partial charge in [0.15, 0.2) is 0 Å². The summed E-state index contributed by atoms with van der Waals surface area (Å²) in [6, 6.07) is 0. The minimum atomic E-state index is 0.929. The lowest BCUT2D eigenvalue weighted by Crippen LogP contribution is -2.26. The molecule has 17 heavy (non-hydrogen) atoms. The fourth-order valence-electron chi connectivity index (χ4n) is 2.74. The van der Waals surface area contributed by atoms with Crippen molar-refractivity contribution < 1.29 is 0 Å². The lowest BCUT2D eigenvalue weighted by Gasteiger charge is -2.26. The van der Waals surface area contributed by atoms with E-state index in [0.29, 0.717) is 0 Å². The van der Waals surface area contributed by atoms with Crippen LogP contribution >= 0.6 is 11.3 Å². The molecule has 0 bridgehead atoms. The number of aryl methyl sites for hydroxylation is 1. The summed E-state index contributed by atoms with van der Waals surface area (Å²) in [6.07, 6.45) is 8.26. The second-order valence-corrected chi connectivity index (χ2v) is 6.23.